The molecule has 2 N–H and O–H groups in total. The monoisotopic (exact) mass is 357 g/mol. The summed E-state index contributed by atoms with van der Waals surface area (Å²) in [5.41, 5.74) is 6.26. The molecule has 1 aromatic carbocycles. The van der Waals surface area contributed by atoms with E-state index in [1.807, 2.05) is 18.5 Å². The molecular weight excluding hydrogens is 334 g/mol. The van der Waals surface area contributed by atoms with E-state index in [1.165, 1.54) is 11.1 Å². The standard InChI is InChI=1S/C22H23N5/c1-4-15(3)26-22-23-9-8-20(27-22)19-13-25-21-18(19)11-17(12-24-21)16-7-5-6-14(2)10-16/h5-13,15H,4H2,1-3H3,(H,24,25)(H,23,26,27). The summed E-state index contributed by atoms with van der Waals surface area (Å²) in [6, 6.07) is 12.9. The fourth-order valence-corrected chi connectivity index (χ4v) is 3.10. The van der Waals surface area contributed by atoms with Crippen molar-refractivity contribution in [1.29, 1.82) is 0 Å². The van der Waals surface area contributed by atoms with Crippen molar-refractivity contribution >= 4 is 17.0 Å². The lowest BCUT2D eigenvalue weighted by molar-refractivity contribution is 0.753. The van der Waals surface area contributed by atoms with E-state index in [2.05, 4.69) is 71.4 Å². The Bertz CT molecular complexity index is 1080. The van der Waals surface area contributed by atoms with Gasteiger partial charge in [-0.05, 0) is 38.0 Å². The van der Waals surface area contributed by atoms with Crippen molar-refractivity contribution < 1.29 is 0 Å². The Balaban J connectivity index is 1.77. The third kappa shape index (κ3) is 3.53. The summed E-state index contributed by atoms with van der Waals surface area (Å²) in [6.45, 7) is 6.36. The summed E-state index contributed by atoms with van der Waals surface area (Å²) in [4.78, 5) is 16.9. The van der Waals surface area contributed by atoms with Crippen molar-refractivity contribution in [3.8, 4) is 22.4 Å². The average molecular weight is 357 g/mol. The summed E-state index contributed by atoms with van der Waals surface area (Å²) in [6.07, 6.45) is 6.69. The zero-order valence-electron chi connectivity index (χ0n) is 15.8. The Morgan fingerprint density at radius 3 is 2.81 bits per heavy atom. The fraction of sp³-hybridized carbons (Fsp3) is 0.227. The van der Waals surface area contributed by atoms with Crippen LogP contribution in [0.15, 0.2) is 55.0 Å². The molecule has 3 aromatic heterocycles. The van der Waals surface area contributed by atoms with Gasteiger partial charge in [-0.2, -0.15) is 0 Å². The van der Waals surface area contributed by atoms with E-state index in [-0.39, 0.29) is 0 Å². The van der Waals surface area contributed by atoms with E-state index in [1.54, 1.807) is 6.20 Å². The highest BCUT2D eigenvalue weighted by molar-refractivity contribution is 5.95. The Morgan fingerprint density at radius 2 is 2.00 bits per heavy atom. The highest BCUT2D eigenvalue weighted by Crippen LogP contribution is 2.30. The number of H-pyrrole nitrogens is 1. The molecule has 0 amide bonds. The van der Waals surface area contributed by atoms with Crippen LogP contribution in [0.3, 0.4) is 0 Å². The summed E-state index contributed by atoms with van der Waals surface area (Å²) in [5, 5.41) is 4.39. The van der Waals surface area contributed by atoms with Crippen molar-refractivity contribution in [3.63, 3.8) is 0 Å². The molecule has 1 unspecified atom stereocenters. The topological polar surface area (TPSA) is 66.5 Å². The van der Waals surface area contributed by atoms with Crippen molar-refractivity contribution in [2.75, 3.05) is 5.32 Å². The molecule has 0 saturated heterocycles. The number of fused-ring (bicyclic) bond motifs is 1. The number of aromatic amines is 1. The molecule has 3 heterocycles. The number of aromatic nitrogens is 4. The van der Waals surface area contributed by atoms with Gasteiger partial charge in [-0.3, -0.25) is 0 Å². The third-order valence-electron chi connectivity index (χ3n) is 4.80. The maximum absolute atomic E-state index is 4.70. The molecule has 27 heavy (non-hydrogen) atoms. The van der Waals surface area contributed by atoms with Gasteiger partial charge in [0.25, 0.3) is 0 Å². The van der Waals surface area contributed by atoms with Crippen LogP contribution in [0.5, 0.6) is 0 Å². The molecule has 0 aliphatic carbocycles. The smallest absolute Gasteiger partial charge is 0.223 e. The first-order valence-electron chi connectivity index (χ1n) is 9.28. The second-order valence-corrected chi connectivity index (χ2v) is 6.91. The van der Waals surface area contributed by atoms with Crippen LogP contribution in [0, 0.1) is 6.92 Å². The van der Waals surface area contributed by atoms with Gasteiger partial charge in [0, 0.05) is 41.1 Å². The number of nitrogens with zero attached hydrogens (tertiary/aromatic N) is 3. The first-order valence-corrected chi connectivity index (χ1v) is 9.28. The highest BCUT2D eigenvalue weighted by atomic mass is 15.1. The summed E-state index contributed by atoms with van der Waals surface area (Å²) < 4.78 is 0. The van der Waals surface area contributed by atoms with Crippen molar-refractivity contribution in [1.82, 2.24) is 19.9 Å². The number of rotatable bonds is 5. The van der Waals surface area contributed by atoms with Crippen LogP contribution in [0.4, 0.5) is 5.95 Å². The van der Waals surface area contributed by atoms with E-state index in [4.69, 9.17) is 4.98 Å². The van der Waals surface area contributed by atoms with Crippen LogP contribution in [-0.2, 0) is 0 Å². The quantitative estimate of drug-likeness (QED) is 0.515. The van der Waals surface area contributed by atoms with Crippen LogP contribution in [-0.4, -0.2) is 26.0 Å². The minimum absolute atomic E-state index is 0.331. The molecule has 0 aliphatic heterocycles. The SMILES string of the molecule is CCC(C)Nc1nccc(-c2c[nH]c3ncc(-c4cccc(C)c4)cc23)n1. The lowest BCUT2D eigenvalue weighted by Gasteiger charge is -2.11. The van der Waals surface area contributed by atoms with Gasteiger partial charge >= 0.3 is 0 Å². The molecule has 1 atom stereocenters. The lowest BCUT2D eigenvalue weighted by atomic mass is 10.0. The number of benzene rings is 1. The van der Waals surface area contributed by atoms with Gasteiger partial charge in [-0.25, -0.2) is 15.0 Å². The maximum Gasteiger partial charge on any atom is 0.223 e. The number of aryl methyl sites for hydroxylation is 1. The van der Waals surface area contributed by atoms with E-state index in [0.717, 1.165) is 34.3 Å². The normalized spacial score (nSPS) is 12.3. The Kier molecular flexibility index (Phi) is 4.59. The van der Waals surface area contributed by atoms with Gasteiger partial charge in [0.1, 0.15) is 5.65 Å². The predicted molar refractivity (Wildman–Crippen MR) is 111 cm³/mol. The van der Waals surface area contributed by atoms with Crippen molar-refractivity contribution in [3.05, 3.63) is 60.6 Å². The van der Waals surface area contributed by atoms with Gasteiger partial charge in [0.2, 0.25) is 5.95 Å². The van der Waals surface area contributed by atoms with Crippen LogP contribution in [0.25, 0.3) is 33.4 Å². The van der Waals surface area contributed by atoms with Crippen molar-refractivity contribution in [2.24, 2.45) is 0 Å². The Morgan fingerprint density at radius 1 is 1.11 bits per heavy atom. The average Bonchev–Trinajstić information content (AvgIpc) is 3.11. The maximum atomic E-state index is 4.70. The van der Waals surface area contributed by atoms with Crippen LogP contribution in [0.1, 0.15) is 25.8 Å². The molecular formula is C22H23N5. The second kappa shape index (κ2) is 7.19. The number of hydrogen-bond acceptors (Lipinski definition) is 4. The number of hydrogen-bond donors (Lipinski definition) is 2. The lowest BCUT2D eigenvalue weighted by Crippen LogP contribution is -2.15. The van der Waals surface area contributed by atoms with Gasteiger partial charge in [0.05, 0.1) is 5.69 Å². The largest absolute Gasteiger partial charge is 0.352 e. The molecule has 0 radical (unpaired) electrons. The van der Waals surface area contributed by atoms with Crippen LogP contribution >= 0.6 is 0 Å². The molecule has 5 heteroatoms. The third-order valence-corrected chi connectivity index (χ3v) is 4.80. The van der Waals surface area contributed by atoms with E-state index in [0.29, 0.717) is 12.0 Å². The molecule has 5 nitrogen and oxygen atoms in total. The Labute approximate surface area is 158 Å². The minimum Gasteiger partial charge on any atom is -0.352 e. The van der Waals surface area contributed by atoms with Crippen LogP contribution in [0.2, 0.25) is 0 Å². The molecule has 136 valence electrons. The zero-order chi connectivity index (χ0) is 18.8. The predicted octanol–water partition coefficient (Wildman–Crippen LogP) is 5.21. The Hall–Kier alpha value is -3.21. The van der Waals surface area contributed by atoms with E-state index < -0.39 is 0 Å². The van der Waals surface area contributed by atoms with Gasteiger partial charge in [0.15, 0.2) is 0 Å². The number of anilines is 1. The van der Waals surface area contributed by atoms with Gasteiger partial charge in [-0.1, -0.05) is 36.8 Å². The molecule has 0 saturated carbocycles. The molecule has 0 fully saturated rings. The van der Waals surface area contributed by atoms with Crippen LogP contribution < -0.4 is 5.32 Å². The van der Waals surface area contributed by atoms with E-state index in [9.17, 15) is 0 Å². The summed E-state index contributed by atoms with van der Waals surface area (Å²) in [7, 11) is 0. The summed E-state index contributed by atoms with van der Waals surface area (Å²) in [5.74, 6) is 0.652. The molecule has 0 spiro atoms. The number of nitrogens with one attached hydrogen (secondary N) is 2. The van der Waals surface area contributed by atoms with Gasteiger partial charge < -0.3 is 10.3 Å². The molecule has 0 bridgehead atoms. The minimum atomic E-state index is 0.331. The zero-order valence-corrected chi connectivity index (χ0v) is 15.8. The molecule has 0 aliphatic rings. The first kappa shape index (κ1) is 17.2. The van der Waals surface area contributed by atoms with Gasteiger partial charge in [-0.15, -0.1) is 0 Å². The summed E-state index contributed by atoms with van der Waals surface area (Å²) >= 11 is 0. The van der Waals surface area contributed by atoms with Crippen molar-refractivity contribution in [2.45, 2.75) is 33.2 Å². The first-order chi connectivity index (χ1) is 13.1. The second-order valence-electron chi connectivity index (χ2n) is 6.91. The van der Waals surface area contributed by atoms with E-state index >= 15 is 0 Å². The number of pyridine rings is 1. The molecule has 4 rings (SSSR count). The highest BCUT2D eigenvalue weighted by Gasteiger charge is 2.12. The molecule has 4 aromatic rings. The fourth-order valence-electron chi connectivity index (χ4n) is 3.10.